The average molecular weight is 435 g/mol. The van der Waals surface area contributed by atoms with Crippen LogP contribution in [0.2, 0.25) is 0 Å². The smallest absolute Gasteiger partial charge is 0.142 e. The fourth-order valence-corrected chi connectivity index (χ4v) is 5.04. The predicted octanol–water partition coefficient (Wildman–Crippen LogP) is 6.53. The lowest BCUT2D eigenvalue weighted by molar-refractivity contribution is 0.414. The standard InChI is InChI=1S/C28H38N2O2/c1-22(23-12-14-25(27(20-23)31-2)29-16-8-4-5-9-17-29)24-13-15-26(28(21-24)32-3)30-18-10-6-7-11-19-30/h12-15,20-21H,1,4-11,16-19H2,2-3H3. The first kappa shape index (κ1) is 22.6. The van der Waals surface area contributed by atoms with Crippen LogP contribution in [-0.2, 0) is 0 Å². The van der Waals surface area contributed by atoms with Gasteiger partial charge in [0, 0.05) is 26.2 Å². The number of nitrogens with zero attached hydrogens (tertiary/aromatic N) is 2. The summed E-state index contributed by atoms with van der Waals surface area (Å²) in [5.74, 6) is 1.86. The van der Waals surface area contributed by atoms with Gasteiger partial charge in [0.2, 0.25) is 0 Å². The Morgan fingerprint density at radius 3 is 1.34 bits per heavy atom. The molecule has 0 saturated carbocycles. The van der Waals surface area contributed by atoms with E-state index >= 15 is 0 Å². The summed E-state index contributed by atoms with van der Waals surface area (Å²) >= 11 is 0. The second-order valence-corrected chi connectivity index (χ2v) is 9.05. The van der Waals surface area contributed by atoms with E-state index in [0.717, 1.165) is 54.4 Å². The number of methoxy groups -OCH3 is 2. The number of ether oxygens (including phenoxy) is 2. The zero-order valence-corrected chi connectivity index (χ0v) is 19.9. The van der Waals surface area contributed by atoms with Crippen LogP contribution in [0, 0.1) is 0 Å². The predicted molar refractivity (Wildman–Crippen MR) is 135 cm³/mol. The van der Waals surface area contributed by atoms with Gasteiger partial charge in [0.1, 0.15) is 11.5 Å². The van der Waals surface area contributed by atoms with Crippen LogP contribution < -0.4 is 19.3 Å². The molecule has 0 radical (unpaired) electrons. The van der Waals surface area contributed by atoms with Crippen LogP contribution in [0.1, 0.15) is 62.5 Å². The molecule has 2 fully saturated rings. The van der Waals surface area contributed by atoms with Crippen molar-refractivity contribution in [3.63, 3.8) is 0 Å². The van der Waals surface area contributed by atoms with Crippen molar-refractivity contribution in [2.45, 2.75) is 51.4 Å². The minimum atomic E-state index is 0.929. The highest BCUT2D eigenvalue weighted by Gasteiger charge is 2.18. The van der Waals surface area contributed by atoms with Crippen LogP contribution in [0.4, 0.5) is 11.4 Å². The monoisotopic (exact) mass is 434 g/mol. The summed E-state index contributed by atoms with van der Waals surface area (Å²) in [6.07, 6.45) is 10.3. The Morgan fingerprint density at radius 2 is 1.00 bits per heavy atom. The van der Waals surface area contributed by atoms with E-state index in [2.05, 4.69) is 52.8 Å². The molecule has 172 valence electrons. The van der Waals surface area contributed by atoms with Gasteiger partial charge in [-0.1, -0.05) is 44.4 Å². The van der Waals surface area contributed by atoms with Gasteiger partial charge < -0.3 is 19.3 Å². The summed E-state index contributed by atoms with van der Waals surface area (Å²) < 4.78 is 11.6. The molecule has 4 rings (SSSR count). The summed E-state index contributed by atoms with van der Waals surface area (Å²) in [7, 11) is 3.53. The summed E-state index contributed by atoms with van der Waals surface area (Å²) in [4.78, 5) is 4.94. The van der Waals surface area contributed by atoms with Crippen LogP contribution in [0.5, 0.6) is 11.5 Å². The molecule has 2 aromatic rings. The lowest BCUT2D eigenvalue weighted by Gasteiger charge is -2.26. The van der Waals surface area contributed by atoms with E-state index in [9.17, 15) is 0 Å². The van der Waals surface area contributed by atoms with Crippen LogP contribution in [0.3, 0.4) is 0 Å². The van der Waals surface area contributed by atoms with E-state index in [0.29, 0.717) is 0 Å². The van der Waals surface area contributed by atoms with Crippen molar-refractivity contribution in [3.05, 3.63) is 54.1 Å². The van der Waals surface area contributed by atoms with Crippen molar-refractivity contribution in [2.24, 2.45) is 0 Å². The molecule has 2 aliphatic heterocycles. The summed E-state index contributed by atoms with van der Waals surface area (Å²) in [5.41, 5.74) is 5.56. The highest BCUT2D eigenvalue weighted by molar-refractivity contribution is 5.82. The molecule has 0 amide bonds. The maximum atomic E-state index is 5.81. The summed E-state index contributed by atoms with van der Waals surface area (Å²) in [5, 5.41) is 0. The van der Waals surface area contributed by atoms with Gasteiger partial charge in [0.05, 0.1) is 25.6 Å². The van der Waals surface area contributed by atoms with E-state index in [4.69, 9.17) is 9.47 Å². The van der Waals surface area contributed by atoms with Gasteiger partial charge in [-0.2, -0.15) is 0 Å². The zero-order valence-electron chi connectivity index (χ0n) is 19.9. The Balaban J connectivity index is 1.58. The molecule has 2 heterocycles. The van der Waals surface area contributed by atoms with Crippen molar-refractivity contribution < 1.29 is 9.47 Å². The van der Waals surface area contributed by atoms with Gasteiger partial charge in [-0.25, -0.2) is 0 Å². The molecule has 0 bridgehead atoms. The molecule has 2 saturated heterocycles. The van der Waals surface area contributed by atoms with E-state index in [1.165, 1.54) is 62.7 Å². The molecule has 32 heavy (non-hydrogen) atoms. The first-order valence-electron chi connectivity index (χ1n) is 12.3. The van der Waals surface area contributed by atoms with E-state index in [1.807, 2.05) is 0 Å². The molecule has 2 aliphatic rings. The van der Waals surface area contributed by atoms with Crippen molar-refractivity contribution in [3.8, 4) is 11.5 Å². The minimum Gasteiger partial charge on any atom is -0.495 e. The van der Waals surface area contributed by atoms with Crippen molar-refractivity contribution in [1.29, 1.82) is 0 Å². The fourth-order valence-electron chi connectivity index (χ4n) is 5.04. The Hall–Kier alpha value is -2.62. The second kappa shape index (κ2) is 10.8. The molecule has 0 spiro atoms. The molecule has 0 unspecified atom stereocenters. The lowest BCUT2D eigenvalue weighted by atomic mass is 9.98. The minimum absolute atomic E-state index is 0.929. The van der Waals surface area contributed by atoms with Crippen molar-refractivity contribution in [1.82, 2.24) is 0 Å². The van der Waals surface area contributed by atoms with E-state index < -0.39 is 0 Å². The SMILES string of the molecule is C=C(c1ccc(N2CCCCCC2)c(OC)c1)c1ccc(N2CCCCCC2)c(OC)c1. The third-order valence-corrected chi connectivity index (χ3v) is 6.95. The normalized spacial score (nSPS) is 17.4. The van der Waals surface area contributed by atoms with Gasteiger partial charge >= 0.3 is 0 Å². The third kappa shape index (κ3) is 5.06. The Labute approximate surface area is 193 Å². The van der Waals surface area contributed by atoms with Gasteiger partial charge in [-0.05, 0) is 66.6 Å². The van der Waals surface area contributed by atoms with Gasteiger partial charge in [0.15, 0.2) is 0 Å². The average Bonchev–Trinajstić information content (AvgIpc) is 3.28. The fraction of sp³-hybridized carbons (Fsp3) is 0.500. The number of hydrogen-bond acceptors (Lipinski definition) is 4. The first-order chi connectivity index (χ1) is 15.7. The van der Waals surface area contributed by atoms with Crippen LogP contribution >= 0.6 is 0 Å². The van der Waals surface area contributed by atoms with Crippen LogP contribution in [-0.4, -0.2) is 40.4 Å². The van der Waals surface area contributed by atoms with E-state index in [1.54, 1.807) is 14.2 Å². The molecule has 0 atom stereocenters. The molecule has 0 N–H and O–H groups in total. The number of benzene rings is 2. The van der Waals surface area contributed by atoms with Crippen molar-refractivity contribution >= 4 is 16.9 Å². The topological polar surface area (TPSA) is 24.9 Å². The molecule has 0 aliphatic carbocycles. The maximum absolute atomic E-state index is 5.81. The third-order valence-electron chi connectivity index (χ3n) is 6.95. The number of anilines is 2. The molecular weight excluding hydrogens is 396 g/mol. The van der Waals surface area contributed by atoms with Crippen LogP contribution in [0.15, 0.2) is 43.0 Å². The lowest BCUT2D eigenvalue weighted by Crippen LogP contribution is -2.24. The molecular formula is C28H38N2O2. The second-order valence-electron chi connectivity index (χ2n) is 9.05. The largest absolute Gasteiger partial charge is 0.495 e. The van der Waals surface area contributed by atoms with Gasteiger partial charge in [-0.15, -0.1) is 0 Å². The summed E-state index contributed by atoms with van der Waals surface area (Å²) in [6.45, 7) is 8.83. The highest BCUT2D eigenvalue weighted by Crippen LogP contribution is 2.37. The zero-order chi connectivity index (χ0) is 22.3. The Bertz CT molecular complexity index is 834. The van der Waals surface area contributed by atoms with Crippen LogP contribution in [0.25, 0.3) is 5.57 Å². The molecule has 4 nitrogen and oxygen atoms in total. The quantitative estimate of drug-likeness (QED) is 0.516. The van der Waals surface area contributed by atoms with Crippen molar-refractivity contribution in [2.75, 3.05) is 50.2 Å². The summed E-state index contributed by atoms with van der Waals surface area (Å²) in [6, 6.07) is 13.0. The number of rotatable bonds is 6. The highest BCUT2D eigenvalue weighted by atomic mass is 16.5. The Morgan fingerprint density at radius 1 is 0.625 bits per heavy atom. The van der Waals surface area contributed by atoms with Gasteiger partial charge in [-0.3, -0.25) is 0 Å². The van der Waals surface area contributed by atoms with E-state index in [-0.39, 0.29) is 0 Å². The number of hydrogen-bond donors (Lipinski definition) is 0. The molecule has 4 heteroatoms. The molecule has 0 aromatic heterocycles. The first-order valence-corrected chi connectivity index (χ1v) is 12.3. The molecule has 2 aromatic carbocycles. The maximum Gasteiger partial charge on any atom is 0.142 e. The van der Waals surface area contributed by atoms with Gasteiger partial charge in [0.25, 0.3) is 0 Å². The Kier molecular flexibility index (Phi) is 7.62.